The van der Waals surface area contributed by atoms with E-state index in [1.165, 1.54) is 29.3 Å². The van der Waals surface area contributed by atoms with Crippen LogP contribution in [0.3, 0.4) is 0 Å². The highest BCUT2D eigenvalue weighted by Crippen LogP contribution is 2.26. The van der Waals surface area contributed by atoms with E-state index in [0.717, 1.165) is 50.9 Å². The van der Waals surface area contributed by atoms with Crippen LogP contribution < -0.4 is 10.1 Å². The molecule has 0 aromatic heterocycles. The zero-order valence-corrected chi connectivity index (χ0v) is 21.7. The van der Waals surface area contributed by atoms with Crippen LogP contribution >= 0.6 is 24.2 Å². The molecule has 1 fully saturated rings. The Kier molecular flexibility index (Phi) is 11.0. The van der Waals surface area contributed by atoms with Crippen LogP contribution in [0.5, 0.6) is 5.75 Å². The van der Waals surface area contributed by atoms with Crippen LogP contribution in [0.15, 0.2) is 41.3 Å². The van der Waals surface area contributed by atoms with Gasteiger partial charge in [0, 0.05) is 16.5 Å². The molecular weight excluding hydrogens is 459 g/mol. The molecule has 1 heterocycles. The number of rotatable bonds is 8. The van der Waals surface area contributed by atoms with Gasteiger partial charge in [0.05, 0.1) is 11.6 Å². The Morgan fingerprint density at radius 1 is 1.21 bits per heavy atom. The van der Waals surface area contributed by atoms with Gasteiger partial charge in [0.15, 0.2) is 0 Å². The molecule has 7 heteroatoms. The third-order valence-electron chi connectivity index (χ3n) is 5.96. The first-order valence-corrected chi connectivity index (χ1v) is 12.2. The fourth-order valence-corrected chi connectivity index (χ4v) is 4.27. The van der Waals surface area contributed by atoms with Gasteiger partial charge in [-0.3, -0.25) is 4.79 Å². The quantitative estimate of drug-likeness (QED) is 0.260. The molecule has 0 aliphatic carbocycles. The summed E-state index contributed by atoms with van der Waals surface area (Å²) in [6.45, 7) is 11.2. The topological polar surface area (TPSA) is 41.6 Å². The number of nitrogens with zero attached hydrogens (tertiary/aromatic N) is 1. The van der Waals surface area contributed by atoms with Crippen molar-refractivity contribution in [3.63, 3.8) is 0 Å². The first kappa shape index (κ1) is 27.5. The fourth-order valence-electron chi connectivity index (χ4n) is 3.97. The third kappa shape index (κ3) is 8.84. The lowest BCUT2D eigenvalue weighted by Gasteiger charge is -2.43. The van der Waals surface area contributed by atoms with E-state index in [1.807, 2.05) is 4.90 Å². The van der Waals surface area contributed by atoms with Gasteiger partial charge in [-0.05, 0) is 102 Å². The van der Waals surface area contributed by atoms with Gasteiger partial charge in [-0.15, -0.1) is 12.6 Å². The van der Waals surface area contributed by atoms with E-state index in [0.29, 0.717) is 22.6 Å². The number of hydrogen-bond acceptors (Lipinski definition) is 4. The Hall–Kier alpha value is -1.76. The number of amides is 1. The smallest absolute Gasteiger partial charge is 0.210 e. The van der Waals surface area contributed by atoms with Crippen LogP contribution in [0.2, 0.25) is 5.02 Å². The molecule has 1 aliphatic rings. The van der Waals surface area contributed by atoms with Crippen molar-refractivity contribution in [1.82, 2.24) is 10.2 Å². The fraction of sp³-hybridized carbons (Fsp3) is 0.500. The summed E-state index contributed by atoms with van der Waals surface area (Å²) in [6.07, 6.45) is 5.01. The average Bonchev–Trinajstić information content (AvgIpc) is 2.78. The van der Waals surface area contributed by atoms with Crippen molar-refractivity contribution in [2.45, 2.75) is 69.9 Å². The summed E-state index contributed by atoms with van der Waals surface area (Å²) in [7, 11) is 0. The van der Waals surface area contributed by atoms with Gasteiger partial charge in [0.2, 0.25) is 6.41 Å². The molecule has 0 atom stereocenters. The molecule has 1 amide bonds. The molecule has 0 spiro atoms. The number of carbonyl (C=O) groups excluding carboxylic acids is 1. The number of thiol groups is 1. The van der Waals surface area contributed by atoms with E-state index in [2.05, 4.69) is 63.8 Å². The van der Waals surface area contributed by atoms with Gasteiger partial charge >= 0.3 is 0 Å². The van der Waals surface area contributed by atoms with Crippen molar-refractivity contribution in [2.24, 2.45) is 0 Å². The predicted molar refractivity (Wildman–Crippen MR) is 137 cm³/mol. The molecule has 33 heavy (non-hydrogen) atoms. The highest BCUT2D eigenvalue weighted by Gasteiger charge is 2.31. The van der Waals surface area contributed by atoms with Gasteiger partial charge in [-0.25, -0.2) is 4.39 Å². The summed E-state index contributed by atoms with van der Waals surface area (Å²) in [6, 6.07) is 10.7. The standard InChI is InChI=1S/C20H32N2O2.C6H4ClFS/c1-16-6-7-17(2)19(14-16)24-13-5-10-20(3,4)22(15-23)18-8-11-21-12-9-18;7-5-3-4(8)1-2-6(5)9/h6-7,14-15,18,21H,5,8-13H2,1-4H3;1-3,9H. The zero-order valence-electron chi connectivity index (χ0n) is 20.0. The Morgan fingerprint density at radius 2 is 1.91 bits per heavy atom. The summed E-state index contributed by atoms with van der Waals surface area (Å²) >= 11 is 9.44. The Labute approximate surface area is 208 Å². The summed E-state index contributed by atoms with van der Waals surface area (Å²) in [5.41, 5.74) is 2.26. The van der Waals surface area contributed by atoms with Crippen LogP contribution in [0.4, 0.5) is 4.39 Å². The predicted octanol–water partition coefficient (Wildman–Crippen LogP) is 6.22. The number of hydrogen-bond donors (Lipinski definition) is 2. The number of carbonyl (C=O) groups is 1. The van der Waals surface area contributed by atoms with E-state index in [-0.39, 0.29) is 11.4 Å². The maximum atomic E-state index is 12.2. The first-order valence-electron chi connectivity index (χ1n) is 11.4. The van der Waals surface area contributed by atoms with Crippen LogP contribution in [-0.2, 0) is 4.79 Å². The molecule has 2 aromatic carbocycles. The van der Waals surface area contributed by atoms with E-state index < -0.39 is 0 Å². The van der Waals surface area contributed by atoms with Gasteiger partial charge in [-0.1, -0.05) is 23.7 Å². The number of benzene rings is 2. The second-order valence-corrected chi connectivity index (χ2v) is 10.0. The van der Waals surface area contributed by atoms with Gasteiger partial charge < -0.3 is 15.0 Å². The lowest BCUT2D eigenvalue weighted by Crippen LogP contribution is -2.52. The molecule has 1 aliphatic heterocycles. The van der Waals surface area contributed by atoms with E-state index in [4.69, 9.17) is 16.3 Å². The minimum absolute atomic E-state index is 0.130. The molecule has 1 N–H and O–H groups in total. The van der Waals surface area contributed by atoms with Crippen molar-refractivity contribution in [2.75, 3.05) is 19.7 Å². The number of ether oxygens (including phenoxy) is 1. The van der Waals surface area contributed by atoms with Crippen molar-refractivity contribution in [3.05, 3.63) is 58.4 Å². The van der Waals surface area contributed by atoms with E-state index in [9.17, 15) is 9.18 Å². The summed E-state index contributed by atoms with van der Waals surface area (Å²) in [4.78, 5) is 14.3. The third-order valence-corrected chi connectivity index (χ3v) is 6.79. The Morgan fingerprint density at radius 3 is 2.52 bits per heavy atom. The minimum Gasteiger partial charge on any atom is -0.493 e. The summed E-state index contributed by atoms with van der Waals surface area (Å²) < 4.78 is 18.2. The number of piperidine rings is 1. The van der Waals surface area contributed by atoms with E-state index in [1.54, 1.807) is 0 Å². The van der Waals surface area contributed by atoms with Crippen molar-refractivity contribution < 1.29 is 13.9 Å². The monoisotopic (exact) mass is 494 g/mol. The van der Waals surface area contributed by atoms with Crippen molar-refractivity contribution in [1.29, 1.82) is 0 Å². The zero-order chi connectivity index (χ0) is 24.4. The van der Waals surface area contributed by atoms with Gasteiger partial charge in [0.1, 0.15) is 11.6 Å². The number of halogens is 2. The maximum Gasteiger partial charge on any atom is 0.210 e. The van der Waals surface area contributed by atoms with Crippen LogP contribution in [0.25, 0.3) is 0 Å². The van der Waals surface area contributed by atoms with Gasteiger partial charge in [-0.2, -0.15) is 0 Å². The molecule has 4 nitrogen and oxygen atoms in total. The maximum absolute atomic E-state index is 12.2. The largest absolute Gasteiger partial charge is 0.493 e. The summed E-state index contributed by atoms with van der Waals surface area (Å²) in [5.74, 6) is 0.635. The summed E-state index contributed by atoms with van der Waals surface area (Å²) in [5, 5.41) is 3.71. The van der Waals surface area contributed by atoms with E-state index >= 15 is 0 Å². The molecular formula is C26H36ClFN2O2S. The second kappa shape index (κ2) is 13.2. The molecule has 0 saturated carbocycles. The lowest BCUT2D eigenvalue weighted by molar-refractivity contribution is -0.127. The average molecular weight is 495 g/mol. The molecule has 1 saturated heterocycles. The first-order chi connectivity index (χ1) is 15.6. The molecule has 0 radical (unpaired) electrons. The normalized spacial score (nSPS) is 14.3. The lowest BCUT2D eigenvalue weighted by atomic mass is 9.92. The molecule has 0 unspecified atom stereocenters. The van der Waals surface area contributed by atoms with Crippen LogP contribution in [0, 0.1) is 19.7 Å². The number of nitrogens with one attached hydrogen (secondary N) is 1. The highest BCUT2D eigenvalue weighted by atomic mass is 35.5. The van der Waals surface area contributed by atoms with Gasteiger partial charge in [0.25, 0.3) is 0 Å². The Bertz CT molecular complexity index is 904. The Balaban J connectivity index is 0.000000357. The molecule has 3 rings (SSSR count). The molecule has 182 valence electrons. The highest BCUT2D eigenvalue weighted by molar-refractivity contribution is 7.80. The van der Waals surface area contributed by atoms with Crippen LogP contribution in [-0.4, -0.2) is 42.6 Å². The second-order valence-electron chi connectivity index (χ2n) is 9.12. The number of aryl methyl sites for hydroxylation is 2. The van der Waals surface area contributed by atoms with Crippen LogP contribution in [0.1, 0.15) is 50.7 Å². The van der Waals surface area contributed by atoms with Crippen molar-refractivity contribution in [3.8, 4) is 5.75 Å². The molecule has 2 aromatic rings. The molecule has 0 bridgehead atoms. The SMILES string of the molecule is Cc1ccc(C)c(OCCCC(C)(C)N(C=O)C2CCNCC2)c1.Fc1ccc(S)c(Cl)c1. The minimum atomic E-state index is -0.335. The van der Waals surface area contributed by atoms with Crippen molar-refractivity contribution >= 4 is 30.6 Å².